The van der Waals surface area contributed by atoms with E-state index >= 15 is 0 Å². The topological polar surface area (TPSA) is 71.8 Å². The number of ether oxygens (including phenoxy) is 1. The summed E-state index contributed by atoms with van der Waals surface area (Å²) in [6, 6.07) is 9.19. The molecule has 2 aromatic heterocycles. The van der Waals surface area contributed by atoms with Gasteiger partial charge in [-0.3, -0.25) is 14.5 Å². The van der Waals surface area contributed by atoms with E-state index in [9.17, 15) is 9.59 Å². The number of nitrogens with one attached hydrogen (secondary N) is 1. The van der Waals surface area contributed by atoms with Gasteiger partial charge in [0.1, 0.15) is 5.58 Å². The molecule has 0 unspecified atom stereocenters. The Morgan fingerprint density at radius 2 is 2.03 bits per heavy atom. The molecule has 1 saturated heterocycles. The van der Waals surface area contributed by atoms with Crippen LogP contribution >= 0.6 is 11.3 Å². The van der Waals surface area contributed by atoms with Crippen molar-refractivity contribution in [3.05, 3.63) is 67.7 Å². The first kappa shape index (κ1) is 19.8. The van der Waals surface area contributed by atoms with Crippen LogP contribution in [-0.4, -0.2) is 43.7 Å². The van der Waals surface area contributed by atoms with Crippen LogP contribution in [0.1, 0.15) is 32.6 Å². The smallest absolute Gasteiger partial charge is 0.287 e. The summed E-state index contributed by atoms with van der Waals surface area (Å²) in [4.78, 5) is 28.8. The van der Waals surface area contributed by atoms with Gasteiger partial charge in [0.05, 0.1) is 24.6 Å². The van der Waals surface area contributed by atoms with Gasteiger partial charge < -0.3 is 14.5 Å². The fraction of sp³-hybridized carbons (Fsp3) is 0.364. The summed E-state index contributed by atoms with van der Waals surface area (Å²) in [6.07, 6.45) is 0. The second-order valence-electron chi connectivity index (χ2n) is 7.32. The van der Waals surface area contributed by atoms with Crippen molar-refractivity contribution < 1.29 is 13.9 Å². The van der Waals surface area contributed by atoms with Crippen molar-refractivity contribution in [2.75, 3.05) is 32.8 Å². The number of morpholine rings is 1. The quantitative estimate of drug-likeness (QED) is 0.696. The highest BCUT2D eigenvalue weighted by Crippen LogP contribution is 2.25. The van der Waals surface area contributed by atoms with Crippen LogP contribution in [0.5, 0.6) is 0 Å². The number of hydrogen-bond donors (Lipinski definition) is 1. The monoisotopic (exact) mass is 412 g/mol. The first-order valence-electron chi connectivity index (χ1n) is 9.71. The standard InChI is InChI=1S/C22H24N2O4S/c1-14-10-15(2)21-16(11-14)18(25)12-19(28-21)22(26)23-13-17(20-4-3-9-29-20)24-5-7-27-8-6-24/h3-4,9-12,17H,5-8,13H2,1-2H3,(H,23,26)/t17-/m1/s1. The van der Waals surface area contributed by atoms with Gasteiger partial charge in [-0.25, -0.2) is 0 Å². The molecular weight excluding hydrogens is 388 g/mol. The van der Waals surface area contributed by atoms with Gasteiger partial charge in [-0.15, -0.1) is 11.3 Å². The predicted molar refractivity (Wildman–Crippen MR) is 114 cm³/mol. The van der Waals surface area contributed by atoms with Gasteiger partial charge >= 0.3 is 0 Å². The van der Waals surface area contributed by atoms with E-state index in [0.717, 1.165) is 24.2 Å². The Labute approximate surface area is 173 Å². The van der Waals surface area contributed by atoms with Crippen molar-refractivity contribution in [1.29, 1.82) is 0 Å². The van der Waals surface area contributed by atoms with Crippen LogP contribution in [0.15, 0.2) is 44.9 Å². The summed E-state index contributed by atoms with van der Waals surface area (Å²) >= 11 is 1.67. The summed E-state index contributed by atoms with van der Waals surface area (Å²) < 4.78 is 11.3. The number of benzene rings is 1. The number of fused-ring (bicyclic) bond motifs is 1. The van der Waals surface area contributed by atoms with Crippen LogP contribution in [0.3, 0.4) is 0 Å². The van der Waals surface area contributed by atoms with Crippen molar-refractivity contribution in [3.8, 4) is 0 Å². The van der Waals surface area contributed by atoms with Gasteiger partial charge in [-0.1, -0.05) is 12.1 Å². The summed E-state index contributed by atoms with van der Waals surface area (Å²) in [5.41, 5.74) is 2.10. The molecule has 1 N–H and O–H groups in total. The predicted octanol–water partition coefficient (Wildman–Crippen LogP) is 3.27. The zero-order valence-electron chi connectivity index (χ0n) is 16.6. The molecule has 3 aromatic rings. The third-order valence-corrected chi connectivity index (χ3v) is 6.17. The summed E-state index contributed by atoms with van der Waals surface area (Å²) in [6.45, 7) is 7.27. The number of amides is 1. The number of thiophene rings is 1. The molecule has 152 valence electrons. The van der Waals surface area contributed by atoms with Gasteiger partial charge in [0.15, 0.2) is 11.2 Å². The first-order chi connectivity index (χ1) is 14.0. The second kappa shape index (κ2) is 8.49. The third kappa shape index (κ3) is 4.27. The first-order valence-corrected chi connectivity index (χ1v) is 10.6. The van der Waals surface area contributed by atoms with Gasteiger partial charge in [0.25, 0.3) is 5.91 Å². The number of hydrogen-bond acceptors (Lipinski definition) is 6. The van der Waals surface area contributed by atoms with E-state index in [4.69, 9.17) is 9.15 Å². The molecule has 0 spiro atoms. The molecule has 3 heterocycles. The number of rotatable bonds is 5. The van der Waals surface area contributed by atoms with E-state index in [2.05, 4.69) is 16.3 Å². The zero-order valence-corrected chi connectivity index (χ0v) is 17.4. The van der Waals surface area contributed by atoms with E-state index in [1.165, 1.54) is 10.9 Å². The van der Waals surface area contributed by atoms with Crippen LogP contribution in [0.25, 0.3) is 11.0 Å². The van der Waals surface area contributed by atoms with E-state index in [1.54, 1.807) is 17.4 Å². The Kier molecular flexibility index (Phi) is 5.80. The maximum Gasteiger partial charge on any atom is 0.287 e. The lowest BCUT2D eigenvalue weighted by atomic mass is 10.1. The summed E-state index contributed by atoms with van der Waals surface area (Å²) in [5, 5.41) is 5.50. The second-order valence-corrected chi connectivity index (χ2v) is 8.30. The molecule has 1 aliphatic heterocycles. The average Bonchev–Trinajstić information content (AvgIpc) is 3.24. The normalized spacial score (nSPS) is 16.1. The van der Waals surface area contributed by atoms with Crippen LogP contribution in [-0.2, 0) is 4.74 Å². The molecule has 7 heteroatoms. The highest BCUT2D eigenvalue weighted by atomic mass is 32.1. The van der Waals surface area contributed by atoms with Crippen molar-refractivity contribution in [2.45, 2.75) is 19.9 Å². The van der Waals surface area contributed by atoms with Crippen LogP contribution in [0, 0.1) is 13.8 Å². The van der Waals surface area contributed by atoms with Gasteiger partial charge in [0.2, 0.25) is 0 Å². The van der Waals surface area contributed by atoms with Crippen LogP contribution < -0.4 is 10.7 Å². The average molecular weight is 413 g/mol. The lowest BCUT2D eigenvalue weighted by Gasteiger charge is -2.34. The van der Waals surface area contributed by atoms with E-state index < -0.39 is 0 Å². The molecule has 1 amide bonds. The lowest BCUT2D eigenvalue weighted by molar-refractivity contribution is 0.0168. The fourth-order valence-electron chi connectivity index (χ4n) is 3.78. The zero-order chi connectivity index (χ0) is 20.4. The van der Waals surface area contributed by atoms with Crippen molar-refractivity contribution in [2.24, 2.45) is 0 Å². The molecule has 1 aliphatic rings. The number of nitrogens with zero attached hydrogens (tertiary/aromatic N) is 1. The Morgan fingerprint density at radius 1 is 1.24 bits per heavy atom. The third-order valence-electron chi connectivity index (χ3n) is 5.20. The number of aryl methyl sites for hydroxylation is 2. The molecule has 29 heavy (non-hydrogen) atoms. The maximum absolute atomic E-state index is 12.8. The molecule has 0 saturated carbocycles. The summed E-state index contributed by atoms with van der Waals surface area (Å²) in [5.74, 6) is -0.333. The lowest BCUT2D eigenvalue weighted by Crippen LogP contribution is -2.43. The number of carbonyl (C=O) groups is 1. The molecule has 0 aliphatic carbocycles. The molecule has 1 fully saturated rings. The molecule has 6 nitrogen and oxygen atoms in total. The largest absolute Gasteiger partial charge is 0.450 e. The van der Waals surface area contributed by atoms with E-state index in [0.29, 0.717) is 30.7 Å². The van der Waals surface area contributed by atoms with Crippen LogP contribution in [0.4, 0.5) is 0 Å². The molecule has 0 radical (unpaired) electrons. The van der Waals surface area contributed by atoms with Crippen LogP contribution in [0.2, 0.25) is 0 Å². The van der Waals surface area contributed by atoms with Gasteiger partial charge in [0, 0.05) is 30.6 Å². The highest BCUT2D eigenvalue weighted by molar-refractivity contribution is 7.10. The highest BCUT2D eigenvalue weighted by Gasteiger charge is 2.24. The van der Waals surface area contributed by atoms with Gasteiger partial charge in [-0.2, -0.15) is 0 Å². The molecular formula is C22H24N2O4S. The summed E-state index contributed by atoms with van der Waals surface area (Å²) in [7, 11) is 0. The van der Waals surface area contributed by atoms with Crippen molar-refractivity contribution in [3.63, 3.8) is 0 Å². The molecule has 0 bridgehead atoms. The van der Waals surface area contributed by atoms with Crippen molar-refractivity contribution in [1.82, 2.24) is 10.2 Å². The SMILES string of the molecule is Cc1cc(C)c2oc(C(=O)NC[C@H](c3cccs3)N3CCOCC3)cc(=O)c2c1. The van der Waals surface area contributed by atoms with Gasteiger partial charge in [-0.05, 0) is 42.5 Å². The van der Waals surface area contributed by atoms with E-state index in [1.807, 2.05) is 31.4 Å². The Bertz CT molecular complexity index is 1070. The Hall–Kier alpha value is -2.48. The Balaban J connectivity index is 1.56. The molecule has 1 atom stereocenters. The minimum atomic E-state index is -0.376. The van der Waals surface area contributed by atoms with E-state index in [-0.39, 0.29) is 23.1 Å². The van der Waals surface area contributed by atoms with Crippen molar-refractivity contribution >= 4 is 28.2 Å². The molecule has 1 aromatic carbocycles. The Morgan fingerprint density at radius 3 is 2.76 bits per heavy atom. The maximum atomic E-state index is 12.8. The molecule has 4 rings (SSSR count). The minimum Gasteiger partial charge on any atom is -0.450 e. The minimum absolute atomic E-state index is 0.0429. The fourth-order valence-corrected chi connectivity index (χ4v) is 4.64. The number of carbonyl (C=O) groups excluding carboxylic acids is 1.